The molecular weight excluding hydrogens is 312 g/mol. The van der Waals surface area contributed by atoms with Crippen LogP contribution in [0.15, 0.2) is 67.0 Å². The zero-order chi connectivity index (χ0) is 17.8. The van der Waals surface area contributed by atoms with Crippen LogP contribution in [0.1, 0.15) is 30.4 Å². The van der Waals surface area contributed by atoms with Crippen LogP contribution >= 0.6 is 0 Å². The van der Waals surface area contributed by atoms with Crippen LogP contribution in [0.25, 0.3) is 16.8 Å². The Morgan fingerprint density at radius 2 is 1.68 bits per heavy atom. The lowest BCUT2D eigenvalue weighted by Crippen LogP contribution is -2.02. The molecule has 0 aliphatic rings. The molecule has 2 aromatic carbocycles. The summed E-state index contributed by atoms with van der Waals surface area (Å²) in [7, 11) is 0. The van der Waals surface area contributed by atoms with Gasteiger partial charge in [0.1, 0.15) is 0 Å². The van der Waals surface area contributed by atoms with Crippen LogP contribution in [0.4, 0.5) is 0 Å². The smallest absolute Gasteiger partial charge is 0.303 e. The third kappa shape index (κ3) is 3.78. The molecule has 3 aromatic rings. The van der Waals surface area contributed by atoms with Crippen molar-refractivity contribution >= 4 is 5.97 Å². The van der Waals surface area contributed by atoms with Crippen molar-refractivity contribution in [1.29, 1.82) is 5.26 Å². The predicted octanol–water partition coefficient (Wildman–Crippen LogP) is 4.59. The molecule has 1 atom stereocenters. The summed E-state index contributed by atoms with van der Waals surface area (Å²) in [6.45, 7) is 1.92. The van der Waals surface area contributed by atoms with Crippen molar-refractivity contribution in [1.82, 2.24) is 4.57 Å². The molecule has 4 nitrogen and oxygen atoms in total. The molecule has 0 saturated carbocycles. The normalized spacial score (nSPS) is 11.7. The molecule has 0 saturated heterocycles. The van der Waals surface area contributed by atoms with Gasteiger partial charge in [-0.3, -0.25) is 4.79 Å². The van der Waals surface area contributed by atoms with E-state index in [2.05, 4.69) is 6.07 Å². The van der Waals surface area contributed by atoms with Crippen molar-refractivity contribution in [3.05, 3.63) is 78.1 Å². The van der Waals surface area contributed by atoms with Gasteiger partial charge in [-0.05, 0) is 52.9 Å². The third-order valence-corrected chi connectivity index (χ3v) is 4.28. The van der Waals surface area contributed by atoms with E-state index in [1.807, 2.05) is 78.5 Å². The maximum Gasteiger partial charge on any atom is 0.303 e. The van der Waals surface area contributed by atoms with Gasteiger partial charge in [0.05, 0.1) is 18.1 Å². The van der Waals surface area contributed by atoms with Crippen molar-refractivity contribution in [3.8, 4) is 22.9 Å². The standard InChI is InChI=1S/C21H18N2O2/c1-15(12-21(24)25)19-10-11-23(14-19)20-8-6-18(7-9-20)17-4-2-16(13-22)3-5-17/h2-11,14-15H,12H2,1H3,(H,24,25)/t15-/m0/s1. The molecule has 0 unspecified atom stereocenters. The van der Waals surface area contributed by atoms with Gasteiger partial charge in [-0.1, -0.05) is 31.2 Å². The molecular formula is C21H18N2O2. The van der Waals surface area contributed by atoms with Gasteiger partial charge in [-0.25, -0.2) is 0 Å². The highest BCUT2D eigenvalue weighted by molar-refractivity contribution is 5.68. The number of hydrogen-bond acceptors (Lipinski definition) is 2. The van der Waals surface area contributed by atoms with Gasteiger partial charge in [0, 0.05) is 18.1 Å². The van der Waals surface area contributed by atoms with Gasteiger partial charge >= 0.3 is 5.97 Å². The average molecular weight is 330 g/mol. The van der Waals surface area contributed by atoms with Gasteiger partial charge in [-0.2, -0.15) is 5.26 Å². The molecule has 1 aromatic heterocycles. The third-order valence-electron chi connectivity index (χ3n) is 4.28. The second-order valence-electron chi connectivity index (χ2n) is 6.09. The summed E-state index contributed by atoms with van der Waals surface area (Å²) in [4.78, 5) is 10.8. The summed E-state index contributed by atoms with van der Waals surface area (Å²) in [5, 5.41) is 17.8. The molecule has 0 spiro atoms. The molecule has 25 heavy (non-hydrogen) atoms. The highest BCUT2D eigenvalue weighted by Gasteiger charge is 2.11. The van der Waals surface area contributed by atoms with Crippen LogP contribution in [0.2, 0.25) is 0 Å². The Kier molecular flexibility index (Phi) is 4.67. The lowest BCUT2D eigenvalue weighted by Gasteiger charge is -2.07. The average Bonchev–Trinajstić information content (AvgIpc) is 3.12. The van der Waals surface area contributed by atoms with Crippen molar-refractivity contribution in [2.75, 3.05) is 0 Å². The first-order chi connectivity index (χ1) is 12.1. The Labute approximate surface area is 146 Å². The highest BCUT2D eigenvalue weighted by Crippen LogP contribution is 2.24. The SMILES string of the molecule is C[C@@H](CC(=O)O)c1ccn(-c2ccc(-c3ccc(C#N)cc3)cc2)c1. The molecule has 0 bridgehead atoms. The van der Waals surface area contributed by atoms with Gasteiger partial charge in [0.25, 0.3) is 0 Å². The lowest BCUT2D eigenvalue weighted by molar-refractivity contribution is -0.137. The largest absolute Gasteiger partial charge is 0.481 e. The zero-order valence-electron chi connectivity index (χ0n) is 13.9. The van der Waals surface area contributed by atoms with E-state index < -0.39 is 5.97 Å². The maximum atomic E-state index is 10.8. The van der Waals surface area contributed by atoms with E-state index in [0.29, 0.717) is 5.56 Å². The number of hydrogen-bond donors (Lipinski definition) is 1. The van der Waals surface area contributed by atoms with E-state index in [9.17, 15) is 4.79 Å². The molecule has 0 amide bonds. The molecule has 0 fully saturated rings. The van der Waals surface area contributed by atoms with Crippen LogP contribution in [0.3, 0.4) is 0 Å². The number of rotatable bonds is 5. The monoisotopic (exact) mass is 330 g/mol. The molecule has 0 aliphatic heterocycles. The van der Waals surface area contributed by atoms with Crippen LogP contribution < -0.4 is 0 Å². The van der Waals surface area contributed by atoms with Crippen LogP contribution in [0.5, 0.6) is 0 Å². The molecule has 0 aliphatic carbocycles. The topological polar surface area (TPSA) is 66.0 Å². The van der Waals surface area contributed by atoms with Gasteiger partial charge < -0.3 is 9.67 Å². The molecule has 1 heterocycles. The summed E-state index contributed by atoms with van der Waals surface area (Å²) in [5.41, 5.74) is 4.83. The number of carboxylic acid groups (broad SMARTS) is 1. The molecule has 1 N–H and O–H groups in total. The number of aliphatic carboxylic acids is 1. The van der Waals surface area contributed by atoms with Crippen molar-refractivity contribution in [2.45, 2.75) is 19.3 Å². The van der Waals surface area contributed by atoms with Crippen LogP contribution in [-0.2, 0) is 4.79 Å². The first-order valence-corrected chi connectivity index (χ1v) is 8.07. The maximum absolute atomic E-state index is 10.8. The summed E-state index contributed by atoms with van der Waals surface area (Å²) >= 11 is 0. The first kappa shape index (κ1) is 16.5. The Hall–Kier alpha value is -3.32. The van der Waals surface area contributed by atoms with E-state index in [0.717, 1.165) is 22.4 Å². The number of carboxylic acids is 1. The Bertz CT molecular complexity index is 916. The minimum atomic E-state index is -0.785. The quantitative estimate of drug-likeness (QED) is 0.744. The van der Waals surface area contributed by atoms with Crippen molar-refractivity contribution < 1.29 is 9.90 Å². The van der Waals surface area contributed by atoms with E-state index in [4.69, 9.17) is 10.4 Å². The van der Waals surface area contributed by atoms with Crippen molar-refractivity contribution in [2.24, 2.45) is 0 Å². The van der Waals surface area contributed by atoms with Gasteiger partial charge in [-0.15, -0.1) is 0 Å². The number of nitriles is 1. The second-order valence-corrected chi connectivity index (χ2v) is 6.09. The van der Waals surface area contributed by atoms with Gasteiger partial charge in [0.2, 0.25) is 0 Å². The number of benzene rings is 2. The number of aromatic nitrogens is 1. The minimum Gasteiger partial charge on any atom is -0.481 e. The summed E-state index contributed by atoms with van der Waals surface area (Å²) in [5.74, 6) is -0.802. The fourth-order valence-electron chi connectivity index (χ4n) is 2.81. The minimum absolute atomic E-state index is 0.0170. The van der Waals surface area contributed by atoms with Crippen LogP contribution in [0, 0.1) is 11.3 Å². The van der Waals surface area contributed by atoms with E-state index in [1.165, 1.54) is 0 Å². The van der Waals surface area contributed by atoms with Crippen molar-refractivity contribution in [3.63, 3.8) is 0 Å². The first-order valence-electron chi connectivity index (χ1n) is 8.07. The van der Waals surface area contributed by atoms with Gasteiger partial charge in [0.15, 0.2) is 0 Å². The zero-order valence-corrected chi connectivity index (χ0v) is 13.9. The Morgan fingerprint density at radius 3 is 2.24 bits per heavy atom. The summed E-state index contributed by atoms with van der Waals surface area (Å²) in [6, 6.07) is 19.7. The number of nitrogens with zero attached hydrogens (tertiary/aromatic N) is 2. The molecule has 3 rings (SSSR count). The predicted molar refractivity (Wildman–Crippen MR) is 96.6 cm³/mol. The second kappa shape index (κ2) is 7.06. The fourth-order valence-corrected chi connectivity index (χ4v) is 2.81. The van der Waals surface area contributed by atoms with E-state index >= 15 is 0 Å². The molecule has 0 radical (unpaired) electrons. The van der Waals surface area contributed by atoms with E-state index in [-0.39, 0.29) is 12.3 Å². The fraction of sp³-hybridized carbons (Fsp3) is 0.143. The lowest BCUT2D eigenvalue weighted by atomic mass is 10.0. The summed E-state index contributed by atoms with van der Waals surface area (Å²) in [6.07, 6.45) is 4.05. The summed E-state index contributed by atoms with van der Waals surface area (Å²) < 4.78 is 2.00. The van der Waals surface area contributed by atoms with E-state index in [1.54, 1.807) is 0 Å². The highest BCUT2D eigenvalue weighted by atomic mass is 16.4. The number of carbonyl (C=O) groups is 1. The van der Waals surface area contributed by atoms with Crippen LogP contribution in [-0.4, -0.2) is 15.6 Å². The molecule has 4 heteroatoms. The Balaban J connectivity index is 1.79. The Morgan fingerprint density at radius 1 is 1.08 bits per heavy atom. The molecule has 124 valence electrons.